The fraction of sp³-hybridized carbons (Fsp3) is 0.143. The van der Waals surface area contributed by atoms with Crippen molar-refractivity contribution in [3.63, 3.8) is 0 Å². The second-order valence-electron chi connectivity index (χ2n) is 6.35. The maximum absolute atomic E-state index is 12.4. The van der Waals surface area contributed by atoms with E-state index in [1.807, 2.05) is 35.7 Å². The molecule has 8 heteroatoms. The zero-order valence-electron chi connectivity index (χ0n) is 15.5. The van der Waals surface area contributed by atoms with E-state index in [4.69, 9.17) is 11.6 Å². The van der Waals surface area contributed by atoms with Crippen molar-refractivity contribution in [3.05, 3.63) is 82.2 Å². The van der Waals surface area contributed by atoms with Gasteiger partial charge in [-0.2, -0.15) is 5.10 Å². The van der Waals surface area contributed by atoms with E-state index in [-0.39, 0.29) is 5.91 Å². The molecule has 1 amide bonds. The van der Waals surface area contributed by atoms with Gasteiger partial charge in [0, 0.05) is 42.5 Å². The molecule has 0 saturated heterocycles. The minimum Gasteiger partial charge on any atom is -0.352 e. The summed E-state index contributed by atoms with van der Waals surface area (Å²) in [6, 6.07) is 11.3. The minimum absolute atomic E-state index is 0.153. The Balaban J connectivity index is 1.28. The van der Waals surface area contributed by atoms with Crippen LogP contribution in [0.25, 0.3) is 16.9 Å². The lowest BCUT2D eigenvalue weighted by atomic mass is 10.2. The molecule has 6 nitrogen and oxygen atoms in total. The predicted molar refractivity (Wildman–Crippen MR) is 115 cm³/mol. The van der Waals surface area contributed by atoms with Crippen molar-refractivity contribution < 1.29 is 4.79 Å². The number of hydrogen-bond donors (Lipinski definition) is 1. The summed E-state index contributed by atoms with van der Waals surface area (Å²) in [5.41, 5.74) is 3.26. The van der Waals surface area contributed by atoms with Crippen molar-refractivity contribution in [2.45, 2.75) is 12.8 Å². The number of aryl methyl sites for hydroxylation is 1. The van der Waals surface area contributed by atoms with E-state index in [2.05, 4.69) is 20.4 Å². The van der Waals surface area contributed by atoms with E-state index in [0.29, 0.717) is 17.1 Å². The molecule has 0 radical (unpaired) electrons. The van der Waals surface area contributed by atoms with Crippen LogP contribution in [0.4, 0.5) is 0 Å². The van der Waals surface area contributed by atoms with Gasteiger partial charge in [0.2, 0.25) is 0 Å². The Morgan fingerprint density at radius 1 is 1.17 bits per heavy atom. The lowest BCUT2D eigenvalue weighted by Crippen LogP contribution is -2.24. The summed E-state index contributed by atoms with van der Waals surface area (Å²) in [4.78, 5) is 21.0. The number of aromatic nitrogens is 4. The van der Waals surface area contributed by atoms with Gasteiger partial charge in [-0.3, -0.25) is 9.78 Å². The van der Waals surface area contributed by atoms with Crippen LogP contribution >= 0.6 is 22.9 Å². The molecule has 1 aromatic carbocycles. The van der Waals surface area contributed by atoms with Crippen molar-refractivity contribution in [3.8, 4) is 16.9 Å². The summed E-state index contributed by atoms with van der Waals surface area (Å²) in [6.45, 7) is 0.570. The van der Waals surface area contributed by atoms with Gasteiger partial charge >= 0.3 is 0 Å². The first-order valence-electron chi connectivity index (χ1n) is 9.13. The van der Waals surface area contributed by atoms with E-state index in [1.165, 1.54) is 0 Å². The first-order chi connectivity index (χ1) is 14.2. The third-order valence-corrected chi connectivity index (χ3v) is 5.55. The van der Waals surface area contributed by atoms with E-state index in [1.54, 1.807) is 46.9 Å². The number of thiazole rings is 1. The predicted octanol–water partition coefficient (Wildman–Crippen LogP) is 4.41. The highest BCUT2D eigenvalue weighted by Gasteiger charge is 2.11. The molecule has 29 heavy (non-hydrogen) atoms. The van der Waals surface area contributed by atoms with Gasteiger partial charge in [0.1, 0.15) is 0 Å². The Kier molecular flexibility index (Phi) is 5.97. The molecule has 0 spiro atoms. The Labute approximate surface area is 177 Å². The smallest absolute Gasteiger partial charge is 0.254 e. The fourth-order valence-corrected chi connectivity index (χ4v) is 3.91. The highest BCUT2D eigenvalue weighted by Crippen LogP contribution is 2.22. The molecule has 0 saturated carbocycles. The zero-order chi connectivity index (χ0) is 20.1. The Morgan fingerprint density at radius 2 is 2.00 bits per heavy atom. The summed E-state index contributed by atoms with van der Waals surface area (Å²) in [6.07, 6.45) is 8.37. The summed E-state index contributed by atoms with van der Waals surface area (Å²) >= 11 is 7.81. The standard InChI is InChI=1S/C21H18ClN5OS/c22-17-4-1-2-5-19(17)27-13-16(12-25-27)21(28)24-9-3-6-20-26-18(14-29-20)15-7-10-23-11-8-15/h1-2,4-5,7-8,10-14H,3,6,9H2,(H,24,28). The van der Waals surface area contributed by atoms with Crippen LogP contribution in [-0.4, -0.2) is 32.2 Å². The van der Waals surface area contributed by atoms with Crippen LogP contribution in [0, 0.1) is 0 Å². The molecule has 146 valence electrons. The zero-order valence-corrected chi connectivity index (χ0v) is 17.0. The molecule has 0 unspecified atom stereocenters. The summed E-state index contributed by atoms with van der Waals surface area (Å²) in [7, 11) is 0. The molecule has 0 fully saturated rings. The van der Waals surface area contributed by atoms with Crippen LogP contribution in [-0.2, 0) is 6.42 Å². The van der Waals surface area contributed by atoms with Crippen LogP contribution in [0.15, 0.2) is 66.6 Å². The molecule has 4 rings (SSSR count). The minimum atomic E-state index is -0.153. The number of nitrogens with one attached hydrogen (secondary N) is 1. The number of halogens is 1. The van der Waals surface area contributed by atoms with Crippen molar-refractivity contribution in [1.82, 2.24) is 25.1 Å². The van der Waals surface area contributed by atoms with Gasteiger partial charge in [0.05, 0.1) is 33.2 Å². The van der Waals surface area contributed by atoms with Crippen LogP contribution in [0.3, 0.4) is 0 Å². The number of rotatable bonds is 7. The maximum atomic E-state index is 12.4. The summed E-state index contributed by atoms with van der Waals surface area (Å²) in [5.74, 6) is -0.153. The topological polar surface area (TPSA) is 72.7 Å². The van der Waals surface area contributed by atoms with Gasteiger partial charge in [-0.1, -0.05) is 23.7 Å². The molecule has 0 bridgehead atoms. The van der Waals surface area contributed by atoms with E-state index >= 15 is 0 Å². The van der Waals surface area contributed by atoms with Crippen molar-refractivity contribution >= 4 is 28.8 Å². The molecule has 3 aromatic heterocycles. The largest absolute Gasteiger partial charge is 0.352 e. The highest BCUT2D eigenvalue weighted by atomic mass is 35.5. The van der Waals surface area contributed by atoms with Crippen molar-refractivity contribution in [2.75, 3.05) is 6.54 Å². The monoisotopic (exact) mass is 423 g/mol. The molecule has 1 N–H and O–H groups in total. The number of carbonyl (C=O) groups is 1. The van der Waals surface area contributed by atoms with Gasteiger partial charge in [-0.05, 0) is 30.7 Å². The molecule has 0 aliphatic rings. The summed E-state index contributed by atoms with van der Waals surface area (Å²) in [5, 5.41) is 10.8. The molecule has 0 aliphatic heterocycles. The van der Waals surface area contributed by atoms with Gasteiger partial charge in [0.25, 0.3) is 5.91 Å². The quantitative estimate of drug-likeness (QED) is 0.447. The lowest BCUT2D eigenvalue weighted by Gasteiger charge is -2.03. The summed E-state index contributed by atoms with van der Waals surface area (Å²) < 4.78 is 1.60. The van der Waals surface area contributed by atoms with Gasteiger partial charge in [-0.25, -0.2) is 9.67 Å². The van der Waals surface area contributed by atoms with Crippen molar-refractivity contribution in [1.29, 1.82) is 0 Å². The average Bonchev–Trinajstić information content (AvgIpc) is 3.42. The Morgan fingerprint density at radius 3 is 2.83 bits per heavy atom. The second-order valence-corrected chi connectivity index (χ2v) is 7.70. The molecule has 4 aromatic rings. The maximum Gasteiger partial charge on any atom is 0.254 e. The van der Waals surface area contributed by atoms with E-state index in [9.17, 15) is 4.79 Å². The lowest BCUT2D eigenvalue weighted by molar-refractivity contribution is 0.0953. The van der Waals surface area contributed by atoms with E-state index in [0.717, 1.165) is 34.8 Å². The third kappa shape index (κ3) is 4.70. The van der Waals surface area contributed by atoms with Crippen molar-refractivity contribution in [2.24, 2.45) is 0 Å². The van der Waals surface area contributed by atoms with Gasteiger partial charge in [-0.15, -0.1) is 11.3 Å². The number of nitrogens with zero attached hydrogens (tertiary/aromatic N) is 4. The number of carbonyl (C=O) groups excluding carboxylic acids is 1. The molecular weight excluding hydrogens is 406 g/mol. The normalized spacial score (nSPS) is 10.8. The van der Waals surface area contributed by atoms with Crippen LogP contribution < -0.4 is 5.32 Å². The number of para-hydroxylation sites is 1. The fourth-order valence-electron chi connectivity index (χ4n) is 2.83. The Bertz CT molecular complexity index is 1110. The first-order valence-corrected chi connectivity index (χ1v) is 10.4. The highest BCUT2D eigenvalue weighted by molar-refractivity contribution is 7.09. The van der Waals surface area contributed by atoms with E-state index < -0.39 is 0 Å². The third-order valence-electron chi connectivity index (χ3n) is 4.32. The Hall–Kier alpha value is -3.03. The van der Waals surface area contributed by atoms with Gasteiger partial charge < -0.3 is 5.32 Å². The number of hydrogen-bond acceptors (Lipinski definition) is 5. The van der Waals surface area contributed by atoms with Crippen LogP contribution in [0.2, 0.25) is 5.02 Å². The number of benzene rings is 1. The van der Waals surface area contributed by atoms with Gasteiger partial charge in [0.15, 0.2) is 0 Å². The average molecular weight is 424 g/mol. The molecule has 0 aliphatic carbocycles. The SMILES string of the molecule is O=C(NCCCc1nc(-c2ccncc2)cs1)c1cnn(-c2ccccc2Cl)c1. The second kappa shape index (κ2) is 8.98. The molecule has 0 atom stereocenters. The number of amides is 1. The molecular formula is C21H18ClN5OS. The van der Waals surface area contributed by atoms with Crippen LogP contribution in [0.5, 0.6) is 0 Å². The van der Waals surface area contributed by atoms with Crippen LogP contribution in [0.1, 0.15) is 21.8 Å². The molecule has 3 heterocycles. The first kappa shape index (κ1) is 19.3. The number of pyridine rings is 1.